The van der Waals surface area contributed by atoms with Crippen LogP contribution in [-0.4, -0.2) is 272 Å². The smallest absolute Gasteiger partial charge is 0.295 e. The minimum atomic E-state index is -4.78. The van der Waals surface area contributed by atoms with Crippen molar-refractivity contribution >= 4 is 81.4 Å². The monoisotopic (exact) mass is 1100 g/mol. The number of likely N-dealkylation sites (N-methyl/N-ethyl adjacent to an activating group) is 4. The number of hydrogen-bond acceptors (Lipinski definition) is 22. The van der Waals surface area contributed by atoms with E-state index in [0.717, 1.165) is 70.3 Å². The number of nitrogens with zero attached hydrogens (tertiary/aromatic N) is 14. The second kappa shape index (κ2) is 24.7. The van der Waals surface area contributed by atoms with Gasteiger partial charge in [-0.2, -0.15) is 38.3 Å². The maximum absolute atomic E-state index is 13.1. The number of aliphatic hydroxyl groups excluding tert-OH is 4. The molecule has 8 N–H and O–H groups in total. The second-order valence-electron chi connectivity index (χ2n) is 21.3. The highest BCUT2D eigenvalue weighted by Gasteiger charge is 2.35. The molecule has 0 amide bonds. The van der Waals surface area contributed by atoms with Crippen LogP contribution in [0.3, 0.4) is 0 Å². The first kappa shape index (κ1) is 57.0. The Morgan fingerprint density at radius 2 is 0.868 bits per heavy atom. The van der Waals surface area contributed by atoms with Crippen LogP contribution in [0.1, 0.15) is 11.1 Å². The van der Waals surface area contributed by atoms with Crippen LogP contribution in [0.4, 0.5) is 47.1 Å². The Bertz CT molecular complexity index is 2630. The molecule has 0 unspecified atom stereocenters. The molecule has 28 heteroatoms. The Labute approximate surface area is 448 Å². The predicted molar refractivity (Wildman–Crippen MR) is 289 cm³/mol. The molecule has 4 aliphatic rings. The van der Waals surface area contributed by atoms with Gasteiger partial charge in [0, 0.05) is 16.3 Å². The maximum atomic E-state index is 13.1. The van der Waals surface area contributed by atoms with E-state index >= 15 is 0 Å². The highest BCUT2D eigenvalue weighted by Crippen LogP contribution is 2.33. The average Bonchev–Trinajstić information content (AvgIpc) is 3.39. The summed E-state index contributed by atoms with van der Waals surface area (Å²) in [6.07, 6.45) is 3.17. The number of quaternary nitrogens is 4. The van der Waals surface area contributed by atoms with Crippen LogP contribution in [0, 0.1) is 0 Å². The van der Waals surface area contributed by atoms with Crippen molar-refractivity contribution in [2.45, 2.75) is 9.79 Å². The van der Waals surface area contributed by atoms with E-state index < -0.39 is 10.1 Å². The van der Waals surface area contributed by atoms with Gasteiger partial charge in [-0.3, -0.25) is 4.55 Å². The van der Waals surface area contributed by atoms with Gasteiger partial charge < -0.3 is 68.6 Å². The van der Waals surface area contributed by atoms with Crippen LogP contribution in [-0.2, 0) is 19.5 Å². The molecule has 4 saturated heterocycles. The third-order valence-electron chi connectivity index (χ3n) is 15.6. The molecular weight excluding hydrogens is 1020 g/mol. The fraction of sp³-hybridized carbons (Fsp3) is 0.583. The van der Waals surface area contributed by atoms with Crippen molar-refractivity contribution in [1.82, 2.24) is 29.9 Å². The van der Waals surface area contributed by atoms with E-state index in [0.29, 0.717) is 142 Å². The molecule has 4 aromatic rings. The molecule has 4 aliphatic heterocycles. The molecule has 0 bridgehead atoms. The third-order valence-corrected chi connectivity index (χ3v) is 17.2. The summed E-state index contributed by atoms with van der Waals surface area (Å²) in [5.41, 5.74) is 1.56. The summed E-state index contributed by atoms with van der Waals surface area (Å²) in [7, 11) is 3.74. The Hall–Kier alpha value is -5.18. The van der Waals surface area contributed by atoms with Gasteiger partial charge in [0.1, 0.15) is 31.1 Å². The van der Waals surface area contributed by atoms with Crippen LogP contribution in [0.2, 0.25) is 0 Å². The highest BCUT2D eigenvalue weighted by molar-refractivity contribution is 7.94. The van der Waals surface area contributed by atoms with Gasteiger partial charge in [0.05, 0.1) is 171 Å². The summed E-state index contributed by atoms with van der Waals surface area (Å²) in [6.45, 7) is 14.7. The molecule has 416 valence electrons. The van der Waals surface area contributed by atoms with E-state index in [1.54, 1.807) is 36.4 Å². The fourth-order valence-electron chi connectivity index (χ4n) is 10.1. The van der Waals surface area contributed by atoms with Gasteiger partial charge in [0.15, 0.2) is 0 Å². The molecule has 0 atom stereocenters. The number of benzene rings is 2. The molecule has 0 spiro atoms. The molecule has 8 rings (SSSR count). The number of rotatable bonds is 22. The molecule has 26 nitrogen and oxygen atoms in total. The molecule has 6 heterocycles. The van der Waals surface area contributed by atoms with Crippen LogP contribution in [0.5, 0.6) is 0 Å². The zero-order valence-electron chi connectivity index (χ0n) is 44.0. The lowest BCUT2D eigenvalue weighted by molar-refractivity contribution is -0.910. The third kappa shape index (κ3) is 14.5. The van der Waals surface area contributed by atoms with Crippen molar-refractivity contribution in [1.29, 1.82) is 0 Å². The molecule has 0 aliphatic carbocycles. The maximum Gasteiger partial charge on any atom is 0.295 e. The number of piperazine rings is 4. The standard InChI is InChI=1S/C48H74N16O10S2/c1-61(27-31-65)19-11-57(12-20-61)45-51-43(52-46(55-45)58-13-21-62(2,22-14-58)28-32-66)49-39-9-7-37(41(35-39)75-74-73-69)5-6-38-8-10-40(36-42(38)76(70,71)72)50-44-53-47(59-15-23-63(3,24-16-59)29-33-67)56-48(54-44)60-17-25-64(4,26-18-60)30-34-68/h5-10,35-36,65-68H,11-34H2,1-4H3,(H2-2,49,50,51,52,53,54,55,56,69,70,71,72)/q+2/p+2. The van der Waals surface area contributed by atoms with Gasteiger partial charge in [0.2, 0.25) is 35.7 Å². The summed E-state index contributed by atoms with van der Waals surface area (Å²) in [6, 6.07) is 9.78. The molecule has 4 fully saturated rings. The topological polar surface area (TPSA) is 288 Å². The summed E-state index contributed by atoms with van der Waals surface area (Å²) < 4.78 is 44.5. The van der Waals surface area contributed by atoms with Gasteiger partial charge in [-0.15, -0.1) is 4.33 Å². The van der Waals surface area contributed by atoms with Gasteiger partial charge in [0.25, 0.3) is 10.1 Å². The van der Waals surface area contributed by atoms with Crippen LogP contribution >= 0.6 is 12.0 Å². The number of aliphatic hydroxyl groups is 4. The SMILES string of the molecule is C[N+]1(CCO)CCN(c2nc(Nc3ccc(C=Cc4ccc(Nc5nc(N6CC[N+](C)(CCO)CC6)nc(N6CC[N+](C)(CCO)CC6)n5)cc4S(=O)(=O)O)c(SOOO)c3)nc(N3CC[N+](C)(CCO)CC3)n2)CC1. The number of hydrogen-bond donors (Lipinski definition) is 8. The first-order valence-electron chi connectivity index (χ1n) is 25.8. The van der Waals surface area contributed by atoms with E-state index in [4.69, 9.17) is 34.2 Å². The van der Waals surface area contributed by atoms with Crippen molar-refractivity contribution in [2.24, 2.45) is 0 Å². The summed E-state index contributed by atoms with van der Waals surface area (Å²) in [4.78, 5) is 37.7. The average molecular weight is 1100 g/mol. The van der Waals surface area contributed by atoms with E-state index in [1.807, 2.05) is 0 Å². The van der Waals surface area contributed by atoms with Crippen molar-refractivity contribution in [3.05, 3.63) is 47.5 Å². The van der Waals surface area contributed by atoms with Gasteiger partial charge in [-0.05, 0) is 35.4 Å². The van der Waals surface area contributed by atoms with Gasteiger partial charge >= 0.3 is 0 Å². The summed E-state index contributed by atoms with van der Waals surface area (Å²) >= 11 is 0.708. The van der Waals surface area contributed by atoms with E-state index in [2.05, 4.69) is 63.5 Å². The molecule has 0 radical (unpaired) electrons. The molecule has 0 saturated carbocycles. The van der Waals surface area contributed by atoms with E-state index in [1.165, 1.54) is 12.1 Å². The Morgan fingerprint density at radius 1 is 0.539 bits per heavy atom. The lowest BCUT2D eigenvalue weighted by Crippen LogP contribution is -2.59. The van der Waals surface area contributed by atoms with Crippen LogP contribution in [0.15, 0.2) is 46.2 Å². The highest BCUT2D eigenvalue weighted by atomic mass is 32.2. The molecule has 2 aromatic carbocycles. The molecule has 2 aromatic heterocycles. The molecular formula is C48H76N16O10S2+4. The minimum absolute atomic E-state index is 0.0931. The lowest BCUT2D eigenvalue weighted by Gasteiger charge is -2.42. The Kier molecular flexibility index (Phi) is 18.5. The van der Waals surface area contributed by atoms with Gasteiger partial charge in [-0.25, -0.2) is 5.26 Å². The quantitative estimate of drug-likeness (QED) is 0.0132. The fourth-order valence-corrected chi connectivity index (χ4v) is 11.3. The largest absolute Gasteiger partial charge is 0.391 e. The zero-order chi connectivity index (χ0) is 54.1. The number of nitrogens with one attached hydrogen (secondary N) is 2. The Balaban J connectivity index is 1.04. The van der Waals surface area contributed by atoms with Crippen molar-refractivity contribution in [3.63, 3.8) is 0 Å². The van der Waals surface area contributed by atoms with Crippen LogP contribution in [0.25, 0.3) is 12.2 Å². The number of aromatic nitrogens is 6. The van der Waals surface area contributed by atoms with Crippen molar-refractivity contribution in [2.75, 3.05) is 216 Å². The Morgan fingerprint density at radius 3 is 1.20 bits per heavy atom. The van der Waals surface area contributed by atoms with Crippen molar-refractivity contribution < 1.29 is 66.0 Å². The predicted octanol–water partition coefficient (Wildman–Crippen LogP) is 0.425. The normalized spacial score (nSPS) is 19.6. The van der Waals surface area contributed by atoms with Gasteiger partial charge in [-0.1, -0.05) is 29.3 Å². The van der Waals surface area contributed by atoms with Crippen LogP contribution < -0.4 is 30.2 Å². The lowest BCUT2D eigenvalue weighted by atomic mass is 10.1. The first-order chi connectivity index (χ1) is 36.4. The number of anilines is 8. The van der Waals surface area contributed by atoms with E-state index in [-0.39, 0.29) is 42.8 Å². The second-order valence-corrected chi connectivity index (χ2v) is 23.4. The zero-order valence-corrected chi connectivity index (χ0v) is 45.6. The summed E-state index contributed by atoms with van der Waals surface area (Å²) in [5.74, 6) is 2.45. The summed E-state index contributed by atoms with van der Waals surface area (Å²) in [5, 5.41) is 58.4. The van der Waals surface area contributed by atoms with Crippen molar-refractivity contribution in [3.8, 4) is 0 Å². The molecule has 76 heavy (non-hydrogen) atoms. The van der Waals surface area contributed by atoms with E-state index in [9.17, 15) is 38.7 Å². The first-order valence-corrected chi connectivity index (χ1v) is 28.0. The minimum Gasteiger partial charge on any atom is -0.391 e.